The predicted octanol–water partition coefficient (Wildman–Crippen LogP) is 4.27. The van der Waals surface area contributed by atoms with Gasteiger partial charge in [-0.1, -0.05) is 18.2 Å². The number of aromatic nitrogens is 1. The second-order valence-electron chi connectivity index (χ2n) is 6.75. The molecule has 0 bridgehead atoms. The molecule has 0 atom stereocenters. The number of nitrogens with one attached hydrogen (secondary N) is 1. The molecule has 1 N–H and O–H groups in total. The first kappa shape index (κ1) is 20.3. The molecule has 1 amide bonds. The first-order valence-corrected chi connectivity index (χ1v) is 9.70. The molecule has 2 aromatic carbocycles. The van der Waals surface area contributed by atoms with Gasteiger partial charge < -0.3 is 15.0 Å². The highest BCUT2D eigenvalue weighted by molar-refractivity contribution is 6.05. The molecule has 0 spiro atoms. The van der Waals surface area contributed by atoms with Crippen molar-refractivity contribution < 1.29 is 14.3 Å². The Bertz CT molecular complexity index is 986. The normalized spacial score (nSPS) is 10.6. The van der Waals surface area contributed by atoms with E-state index in [1.165, 1.54) is 0 Å². The number of pyridine rings is 1. The molecule has 0 aliphatic carbocycles. The number of nitrogens with zero attached hydrogens (tertiary/aromatic N) is 2. The third-order valence-corrected chi connectivity index (χ3v) is 4.60. The van der Waals surface area contributed by atoms with E-state index in [1.807, 2.05) is 54.4 Å². The second kappa shape index (κ2) is 9.68. The van der Waals surface area contributed by atoms with Crippen LogP contribution in [0.25, 0.3) is 10.9 Å². The van der Waals surface area contributed by atoms with Crippen LogP contribution in [-0.2, 0) is 9.53 Å². The molecule has 0 aliphatic rings. The summed E-state index contributed by atoms with van der Waals surface area (Å²) >= 11 is 0. The van der Waals surface area contributed by atoms with Crippen molar-refractivity contribution in [2.45, 2.75) is 19.8 Å². The number of carbonyl (C=O) groups excluding carboxylic acids is 2. The zero-order valence-corrected chi connectivity index (χ0v) is 16.7. The molecule has 1 aromatic heterocycles. The minimum absolute atomic E-state index is 0.170. The van der Waals surface area contributed by atoms with E-state index < -0.39 is 0 Å². The molecule has 29 heavy (non-hydrogen) atoms. The van der Waals surface area contributed by atoms with Crippen molar-refractivity contribution in [3.8, 4) is 0 Å². The lowest BCUT2D eigenvalue weighted by Crippen LogP contribution is -2.20. The van der Waals surface area contributed by atoms with Crippen molar-refractivity contribution in [1.29, 1.82) is 0 Å². The Hall–Kier alpha value is -3.41. The highest BCUT2D eigenvalue weighted by Gasteiger charge is 2.09. The molecule has 0 fully saturated rings. The van der Waals surface area contributed by atoms with Crippen molar-refractivity contribution in [1.82, 2.24) is 4.98 Å². The number of carbonyl (C=O) groups is 2. The minimum Gasteiger partial charge on any atom is -0.466 e. The summed E-state index contributed by atoms with van der Waals surface area (Å²) in [6.07, 6.45) is 2.77. The van der Waals surface area contributed by atoms with E-state index in [0.717, 1.165) is 23.1 Å². The number of ether oxygens (including phenoxy) is 1. The number of para-hydroxylation sites is 1. The van der Waals surface area contributed by atoms with Gasteiger partial charge >= 0.3 is 5.97 Å². The van der Waals surface area contributed by atoms with E-state index in [0.29, 0.717) is 30.7 Å². The van der Waals surface area contributed by atoms with Crippen LogP contribution >= 0.6 is 0 Å². The van der Waals surface area contributed by atoms with Crippen LogP contribution in [0.4, 0.5) is 11.4 Å². The number of hydrogen-bond acceptors (Lipinski definition) is 5. The van der Waals surface area contributed by atoms with Crippen molar-refractivity contribution in [3.05, 3.63) is 66.4 Å². The smallest absolute Gasteiger partial charge is 0.305 e. The van der Waals surface area contributed by atoms with Gasteiger partial charge in [0, 0.05) is 36.7 Å². The number of benzene rings is 2. The molecule has 0 saturated carbocycles. The molecule has 6 nitrogen and oxygen atoms in total. The van der Waals surface area contributed by atoms with Crippen LogP contribution in [-0.4, -0.2) is 37.1 Å². The van der Waals surface area contributed by atoms with E-state index in [4.69, 9.17) is 4.74 Å². The SMILES string of the molecule is CCOC(=O)CCCN(C)c1ccc(C(=O)Nc2cnc3ccccc3c2)cc1. The van der Waals surface area contributed by atoms with Gasteiger partial charge in [0.15, 0.2) is 0 Å². The molecule has 150 valence electrons. The number of esters is 1. The van der Waals surface area contributed by atoms with Crippen LogP contribution in [0.5, 0.6) is 0 Å². The summed E-state index contributed by atoms with van der Waals surface area (Å²) in [4.78, 5) is 30.4. The summed E-state index contributed by atoms with van der Waals surface area (Å²) in [5.41, 5.74) is 3.11. The second-order valence-corrected chi connectivity index (χ2v) is 6.75. The van der Waals surface area contributed by atoms with Gasteiger partial charge in [-0.2, -0.15) is 0 Å². The Morgan fingerprint density at radius 1 is 1.10 bits per heavy atom. The minimum atomic E-state index is -0.182. The third-order valence-electron chi connectivity index (χ3n) is 4.60. The third kappa shape index (κ3) is 5.54. The molecule has 0 radical (unpaired) electrons. The summed E-state index contributed by atoms with van der Waals surface area (Å²) < 4.78 is 4.94. The van der Waals surface area contributed by atoms with Crippen molar-refractivity contribution in [2.75, 3.05) is 30.4 Å². The van der Waals surface area contributed by atoms with Crippen LogP contribution in [0.3, 0.4) is 0 Å². The molecule has 0 aliphatic heterocycles. The number of hydrogen-bond donors (Lipinski definition) is 1. The van der Waals surface area contributed by atoms with Gasteiger partial charge in [0.2, 0.25) is 0 Å². The maximum absolute atomic E-state index is 12.5. The molecule has 0 saturated heterocycles. The van der Waals surface area contributed by atoms with Crippen molar-refractivity contribution in [2.24, 2.45) is 0 Å². The van der Waals surface area contributed by atoms with E-state index in [-0.39, 0.29) is 11.9 Å². The fourth-order valence-corrected chi connectivity index (χ4v) is 3.03. The van der Waals surface area contributed by atoms with Gasteiger partial charge in [-0.05, 0) is 49.7 Å². The summed E-state index contributed by atoms with van der Waals surface area (Å²) in [5, 5.41) is 3.87. The monoisotopic (exact) mass is 391 g/mol. The zero-order valence-electron chi connectivity index (χ0n) is 16.7. The van der Waals surface area contributed by atoms with Gasteiger partial charge in [0.1, 0.15) is 0 Å². The van der Waals surface area contributed by atoms with Crippen LogP contribution in [0.15, 0.2) is 60.8 Å². The van der Waals surface area contributed by atoms with Gasteiger partial charge in [0.05, 0.1) is 24.0 Å². The van der Waals surface area contributed by atoms with Crippen molar-refractivity contribution in [3.63, 3.8) is 0 Å². The summed E-state index contributed by atoms with van der Waals surface area (Å²) in [5.74, 6) is -0.352. The lowest BCUT2D eigenvalue weighted by atomic mass is 10.1. The maximum atomic E-state index is 12.5. The summed E-state index contributed by atoms with van der Waals surface area (Å²) in [7, 11) is 1.96. The molecule has 0 unspecified atom stereocenters. The van der Waals surface area contributed by atoms with Gasteiger partial charge in [-0.25, -0.2) is 0 Å². The quantitative estimate of drug-likeness (QED) is 0.581. The standard InChI is InChI=1S/C23H25N3O3/c1-3-29-22(27)9-6-14-26(2)20-12-10-17(11-13-20)23(28)25-19-15-18-7-4-5-8-21(18)24-16-19/h4-5,7-8,10-13,15-16H,3,6,9,14H2,1-2H3,(H,25,28). The molecule has 6 heteroatoms. The van der Waals surface area contributed by atoms with E-state index in [2.05, 4.69) is 10.3 Å². The van der Waals surface area contributed by atoms with Crippen LogP contribution in [0.2, 0.25) is 0 Å². The lowest BCUT2D eigenvalue weighted by molar-refractivity contribution is -0.143. The van der Waals surface area contributed by atoms with E-state index >= 15 is 0 Å². The molecule has 3 aromatic rings. The highest BCUT2D eigenvalue weighted by Crippen LogP contribution is 2.18. The van der Waals surface area contributed by atoms with Crippen LogP contribution in [0.1, 0.15) is 30.1 Å². The average molecular weight is 391 g/mol. The highest BCUT2D eigenvalue weighted by atomic mass is 16.5. The van der Waals surface area contributed by atoms with Gasteiger partial charge in [-0.15, -0.1) is 0 Å². The van der Waals surface area contributed by atoms with Gasteiger partial charge in [0.25, 0.3) is 5.91 Å². The fourth-order valence-electron chi connectivity index (χ4n) is 3.03. The Balaban J connectivity index is 1.57. The number of amides is 1. The lowest BCUT2D eigenvalue weighted by Gasteiger charge is -2.19. The number of rotatable bonds is 8. The Kier molecular flexibility index (Phi) is 6.79. The largest absolute Gasteiger partial charge is 0.466 e. The molecular formula is C23H25N3O3. The summed E-state index contributed by atoms with van der Waals surface area (Å²) in [6.45, 7) is 2.94. The Labute approximate surface area is 170 Å². The first-order chi connectivity index (χ1) is 14.1. The Morgan fingerprint density at radius 2 is 1.86 bits per heavy atom. The van der Waals surface area contributed by atoms with E-state index in [1.54, 1.807) is 25.3 Å². The number of fused-ring (bicyclic) bond motifs is 1. The topological polar surface area (TPSA) is 71.5 Å². The van der Waals surface area contributed by atoms with Crippen molar-refractivity contribution >= 4 is 34.2 Å². The maximum Gasteiger partial charge on any atom is 0.305 e. The molecule has 3 rings (SSSR count). The van der Waals surface area contributed by atoms with Gasteiger partial charge in [-0.3, -0.25) is 14.6 Å². The molecular weight excluding hydrogens is 366 g/mol. The first-order valence-electron chi connectivity index (χ1n) is 9.70. The Morgan fingerprint density at radius 3 is 2.62 bits per heavy atom. The molecule has 1 heterocycles. The predicted molar refractivity (Wildman–Crippen MR) is 115 cm³/mol. The average Bonchev–Trinajstić information content (AvgIpc) is 2.74. The van der Waals surface area contributed by atoms with Crippen LogP contribution < -0.4 is 10.2 Å². The van der Waals surface area contributed by atoms with E-state index in [9.17, 15) is 9.59 Å². The fraction of sp³-hybridized carbons (Fsp3) is 0.261. The number of anilines is 2. The summed E-state index contributed by atoms with van der Waals surface area (Å²) in [6, 6.07) is 17.1. The van der Waals surface area contributed by atoms with Crippen LogP contribution in [0, 0.1) is 0 Å². The zero-order chi connectivity index (χ0) is 20.6.